The van der Waals surface area contributed by atoms with Gasteiger partial charge >= 0.3 is 0 Å². The van der Waals surface area contributed by atoms with Crippen molar-refractivity contribution in [1.82, 2.24) is 9.88 Å². The van der Waals surface area contributed by atoms with Crippen LogP contribution in [-0.4, -0.2) is 11.6 Å². The third-order valence-electron chi connectivity index (χ3n) is 3.82. The molecule has 1 N–H and O–H groups in total. The number of nitrogens with zero attached hydrogens (tertiary/aromatic N) is 1. The average Bonchev–Trinajstić information content (AvgIpc) is 3.10. The van der Waals surface area contributed by atoms with Gasteiger partial charge in [-0.1, -0.05) is 0 Å². The van der Waals surface area contributed by atoms with Crippen LogP contribution in [0.1, 0.15) is 30.0 Å². The first kappa shape index (κ1) is 13.3. The van der Waals surface area contributed by atoms with Gasteiger partial charge in [-0.15, -0.1) is 0 Å². The van der Waals surface area contributed by atoms with Gasteiger partial charge in [-0.3, -0.25) is 0 Å². The molecule has 1 aliphatic rings. The number of benzene rings is 1. The third kappa shape index (κ3) is 2.90. The van der Waals surface area contributed by atoms with Crippen LogP contribution in [-0.2, 0) is 6.54 Å². The Balaban J connectivity index is 1.76. The van der Waals surface area contributed by atoms with E-state index in [1.165, 1.54) is 30.5 Å². The Morgan fingerprint density at radius 1 is 1.25 bits per heavy atom. The zero-order chi connectivity index (χ0) is 14.1. The Bertz CT molecular complexity index is 582. The molecule has 1 unspecified atom stereocenters. The second-order valence-corrected chi connectivity index (χ2v) is 5.50. The highest BCUT2D eigenvalue weighted by Crippen LogP contribution is 2.40. The predicted molar refractivity (Wildman–Crippen MR) is 74.4 cm³/mol. The molecule has 0 saturated heterocycles. The maximum atomic E-state index is 13.2. The summed E-state index contributed by atoms with van der Waals surface area (Å²) in [6, 6.07) is 6.11. The second-order valence-electron chi connectivity index (χ2n) is 5.50. The number of halogens is 2. The van der Waals surface area contributed by atoms with Crippen molar-refractivity contribution in [2.75, 3.05) is 7.05 Å². The Labute approximate surface area is 117 Å². The molecule has 1 aromatic carbocycles. The molecule has 4 heteroatoms. The molecule has 2 nitrogen and oxygen atoms in total. The summed E-state index contributed by atoms with van der Waals surface area (Å²) in [6.45, 7) is 0.482. The highest BCUT2D eigenvalue weighted by molar-refractivity contribution is 5.22. The average molecular weight is 276 g/mol. The van der Waals surface area contributed by atoms with E-state index in [1.54, 1.807) is 0 Å². The van der Waals surface area contributed by atoms with E-state index in [0.29, 0.717) is 18.2 Å². The van der Waals surface area contributed by atoms with Crippen LogP contribution in [0.4, 0.5) is 8.78 Å². The molecule has 1 heterocycles. The fraction of sp³-hybridized carbons (Fsp3) is 0.375. The predicted octanol–water partition coefficient (Wildman–Crippen LogP) is 3.49. The maximum Gasteiger partial charge on any atom is 0.126 e. The van der Waals surface area contributed by atoms with Crippen molar-refractivity contribution in [3.63, 3.8) is 0 Å². The lowest BCUT2D eigenvalue weighted by atomic mass is 10.1. The summed E-state index contributed by atoms with van der Waals surface area (Å²) >= 11 is 0. The van der Waals surface area contributed by atoms with Crippen LogP contribution in [0.2, 0.25) is 0 Å². The van der Waals surface area contributed by atoms with Crippen molar-refractivity contribution in [2.24, 2.45) is 5.92 Å². The molecular formula is C16H18F2N2. The van der Waals surface area contributed by atoms with Gasteiger partial charge in [0.05, 0.1) is 0 Å². The van der Waals surface area contributed by atoms with Crippen molar-refractivity contribution >= 4 is 0 Å². The largest absolute Gasteiger partial charge is 0.350 e. The van der Waals surface area contributed by atoms with Crippen molar-refractivity contribution in [3.8, 4) is 0 Å². The minimum atomic E-state index is -0.529. The first-order chi connectivity index (χ1) is 9.65. The summed E-state index contributed by atoms with van der Waals surface area (Å²) in [6.07, 6.45) is 6.56. The number of aromatic nitrogens is 1. The van der Waals surface area contributed by atoms with Crippen LogP contribution in [0.25, 0.3) is 0 Å². The Hall–Kier alpha value is -1.68. The highest BCUT2D eigenvalue weighted by Gasteiger charge is 2.31. The number of rotatable bonds is 5. The minimum Gasteiger partial charge on any atom is -0.350 e. The van der Waals surface area contributed by atoms with Gasteiger partial charge < -0.3 is 9.88 Å². The lowest BCUT2D eigenvalue weighted by molar-refractivity contribution is 0.528. The lowest BCUT2D eigenvalue weighted by Gasteiger charge is -2.13. The normalized spacial score (nSPS) is 16.4. The molecule has 0 bridgehead atoms. The van der Waals surface area contributed by atoms with Crippen LogP contribution in [0, 0.1) is 17.6 Å². The molecule has 1 saturated carbocycles. The van der Waals surface area contributed by atoms with Gasteiger partial charge in [-0.25, -0.2) is 8.78 Å². The van der Waals surface area contributed by atoms with E-state index in [4.69, 9.17) is 0 Å². The van der Waals surface area contributed by atoms with Crippen molar-refractivity contribution < 1.29 is 8.78 Å². The lowest BCUT2D eigenvalue weighted by Crippen LogP contribution is -2.17. The molecular weight excluding hydrogens is 258 g/mol. The number of nitrogens with one attached hydrogen (secondary N) is 1. The molecule has 1 atom stereocenters. The standard InChI is InChI=1S/C16H18F2N2/c1-19-16(12-2-3-12)13-4-5-20(10-13)9-11-6-14(17)8-15(18)7-11/h4-8,10,12,16,19H,2-3,9H2,1H3. The molecule has 0 spiro atoms. The summed E-state index contributed by atoms with van der Waals surface area (Å²) in [5.41, 5.74) is 1.88. The molecule has 2 aromatic rings. The van der Waals surface area contributed by atoms with Crippen LogP contribution in [0.3, 0.4) is 0 Å². The van der Waals surface area contributed by atoms with E-state index in [0.717, 1.165) is 12.0 Å². The highest BCUT2D eigenvalue weighted by atomic mass is 19.1. The SMILES string of the molecule is CNC(c1ccn(Cc2cc(F)cc(F)c2)c1)C1CC1. The molecule has 106 valence electrons. The van der Waals surface area contributed by atoms with E-state index in [1.807, 2.05) is 17.8 Å². The van der Waals surface area contributed by atoms with Gasteiger partial charge in [0.1, 0.15) is 11.6 Å². The maximum absolute atomic E-state index is 13.2. The summed E-state index contributed by atoms with van der Waals surface area (Å²) < 4.78 is 28.3. The van der Waals surface area contributed by atoms with Gasteiger partial charge in [0.25, 0.3) is 0 Å². The van der Waals surface area contributed by atoms with Gasteiger partial charge in [0.2, 0.25) is 0 Å². The summed E-state index contributed by atoms with van der Waals surface area (Å²) in [7, 11) is 1.97. The van der Waals surface area contributed by atoms with E-state index >= 15 is 0 Å². The zero-order valence-corrected chi connectivity index (χ0v) is 11.4. The first-order valence-electron chi connectivity index (χ1n) is 6.93. The fourth-order valence-corrected chi connectivity index (χ4v) is 2.76. The monoisotopic (exact) mass is 276 g/mol. The van der Waals surface area contributed by atoms with Gasteiger partial charge in [0.15, 0.2) is 0 Å². The molecule has 0 amide bonds. The Morgan fingerprint density at radius 3 is 2.55 bits per heavy atom. The Kier molecular flexibility index (Phi) is 3.57. The molecule has 0 radical (unpaired) electrons. The Morgan fingerprint density at radius 2 is 1.95 bits per heavy atom. The van der Waals surface area contributed by atoms with E-state index in [2.05, 4.69) is 17.6 Å². The van der Waals surface area contributed by atoms with E-state index in [-0.39, 0.29) is 0 Å². The van der Waals surface area contributed by atoms with Crippen LogP contribution < -0.4 is 5.32 Å². The first-order valence-corrected chi connectivity index (χ1v) is 6.93. The fourth-order valence-electron chi connectivity index (χ4n) is 2.76. The van der Waals surface area contributed by atoms with E-state index in [9.17, 15) is 8.78 Å². The van der Waals surface area contributed by atoms with Crippen LogP contribution in [0.15, 0.2) is 36.7 Å². The summed E-state index contributed by atoms with van der Waals surface area (Å²) in [5, 5.41) is 3.34. The topological polar surface area (TPSA) is 17.0 Å². The second kappa shape index (κ2) is 5.37. The molecule has 1 aromatic heterocycles. The van der Waals surface area contributed by atoms with Crippen molar-refractivity contribution in [1.29, 1.82) is 0 Å². The third-order valence-corrected chi connectivity index (χ3v) is 3.82. The van der Waals surface area contributed by atoms with Crippen LogP contribution in [0.5, 0.6) is 0 Å². The van der Waals surface area contributed by atoms with Crippen molar-refractivity contribution in [2.45, 2.75) is 25.4 Å². The zero-order valence-electron chi connectivity index (χ0n) is 11.4. The van der Waals surface area contributed by atoms with Gasteiger partial charge in [-0.2, -0.15) is 0 Å². The minimum absolute atomic E-state index is 0.389. The van der Waals surface area contributed by atoms with E-state index < -0.39 is 11.6 Å². The summed E-state index contributed by atoms with van der Waals surface area (Å²) in [5.74, 6) is -0.334. The number of hydrogen-bond donors (Lipinski definition) is 1. The molecule has 3 rings (SSSR count). The van der Waals surface area contributed by atoms with Crippen molar-refractivity contribution in [3.05, 3.63) is 59.4 Å². The molecule has 20 heavy (non-hydrogen) atoms. The molecule has 1 fully saturated rings. The summed E-state index contributed by atoms with van der Waals surface area (Å²) in [4.78, 5) is 0. The molecule has 0 aliphatic heterocycles. The van der Waals surface area contributed by atoms with Crippen LogP contribution >= 0.6 is 0 Å². The smallest absolute Gasteiger partial charge is 0.126 e. The molecule has 1 aliphatic carbocycles. The van der Waals surface area contributed by atoms with Gasteiger partial charge in [-0.05, 0) is 55.1 Å². The number of hydrogen-bond acceptors (Lipinski definition) is 1. The quantitative estimate of drug-likeness (QED) is 0.884. The van der Waals surface area contributed by atoms with Gasteiger partial charge in [0, 0.05) is 31.0 Å².